The Hall–Kier alpha value is -1.40. The van der Waals surface area contributed by atoms with Gasteiger partial charge in [0, 0.05) is 13.0 Å². The van der Waals surface area contributed by atoms with Gasteiger partial charge in [-0.05, 0) is 36.0 Å². The van der Waals surface area contributed by atoms with Gasteiger partial charge in [-0.25, -0.2) is 13.6 Å². The maximum atomic E-state index is 11.7. The highest BCUT2D eigenvalue weighted by Crippen LogP contribution is 2.20. The smallest absolute Gasteiger partial charge is 0.238 e. The monoisotopic (exact) mass is 312 g/mol. The van der Waals surface area contributed by atoms with Crippen LogP contribution >= 0.6 is 0 Å². The quantitative estimate of drug-likeness (QED) is 0.839. The van der Waals surface area contributed by atoms with E-state index in [1.54, 1.807) is 12.1 Å². The number of benzene rings is 1. The van der Waals surface area contributed by atoms with Crippen molar-refractivity contribution < 1.29 is 13.2 Å². The van der Waals surface area contributed by atoms with E-state index < -0.39 is 10.0 Å². The summed E-state index contributed by atoms with van der Waals surface area (Å²) in [4.78, 5) is 11.8. The first-order chi connectivity index (χ1) is 9.58. The molecule has 118 valence electrons. The van der Waals surface area contributed by atoms with E-state index >= 15 is 0 Å². The van der Waals surface area contributed by atoms with E-state index in [1.807, 2.05) is 0 Å². The number of nitrogens with two attached hydrogens (primary N) is 1. The Balaban J connectivity index is 2.38. The fourth-order valence-corrected chi connectivity index (χ4v) is 2.28. The molecule has 0 aliphatic heterocycles. The maximum Gasteiger partial charge on any atom is 0.238 e. The minimum absolute atomic E-state index is 0.0473. The molecule has 0 aliphatic rings. The van der Waals surface area contributed by atoms with Crippen molar-refractivity contribution in [1.82, 2.24) is 5.32 Å². The molecule has 0 heterocycles. The summed E-state index contributed by atoms with van der Waals surface area (Å²) in [7, 11) is -3.64. The standard InChI is InChI=1S/C15H24N2O3S/c1-15(2,3)10-8-14(18)17-11-9-12-4-6-13(7-5-12)21(16,19)20/h4-7H,8-11H2,1-3H3,(H,17,18)(H2,16,19,20). The van der Waals surface area contributed by atoms with Crippen LogP contribution in [0.4, 0.5) is 0 Å². The summed E-state index contributed by atoms with van der Waals surface area (Å²) < 4.78 is 22.2. The molecular formula is C15H24N2O3S. The molecule has 1 aromatic rings. The van der Waals surface area contributed by atoms with Gasteiger partial charge in [-0.1, -0.05) is 32.9 Å². The Morgan fingerprint density at radius 2 is 1.76 bits per heavy atom. The van der Waals surface area contributed by atoms with Crippen LogP contribution in [0.2, 0.25) is 0 Å². The largest absolute Gasteiger partial charge is 0.356 e. The summed E-state index contributed by atoms with van der Waals surface area (Å²) in [5.74, 6) is 0.0473. The molecule has 5 nitrogen and oxygen atoms in total. The maximum absolute atomic E-state index is 11.7. The highest BCUT2D eigenvalue weighted by atomic mass is 32.2. The van der Waals surface area contributed by atoms with Gasteiger partial charge in [0.2, 0.25) is 15.9 Å². The van der Waals surface area contributed by atoms with Crippen LogP contribution < -0.4 is 10.5 Å². The van der Waals surface area contributed by atoms with Gasteiger partial charge in [0.05, 0.1) is 4.90 Å². The van der Waals surface area contributed by atoms with E-state index in [-0.39, 0.29) is 16.2 Å². The van der Waals surface area contributed by atoms with Gasteiger partial charge in [-0.2, -0.15) is 0 Å². The van der Waals surface area contributed by atoms with Gasteiger partial charge >= 0.3 is 0 Å². The molecule has 1 amide bonds. The van der Waals surface area contributed by atoms with Crippen molar-refractivity contribution in [3.05, 3.63) is 29.8 Å². The second-order valence-electron chi connectivity index (χ2n) is 6.35. The lowest BCUT2D eigenvalue weighted by Gasteiger charge is -2.17. The Morgan fingerprint density at radius 1 is 1.19 bits per heavy atom. The Kier molecular flexibility index (Phi) is 5.92. The fraction of sp³-hybridized carbons (Fsp3) is 0.533. The summed E-state index contributed by atoms with van der Waals surface area (Å²) in [5, 5.41) is 7.90. The average Bonchev–Trinajstić information content (AvgIpc) is 2.35. The van der Waals surface area contributed by atoms with Crippen LogP contribution in [0.1, 0.15) is 39.2 Å². The molecule has 0 saturated carbocycles. The molecule has 1 aromatic carbocycles. The normalized spacial score (nSPS) is 12.2. The number of rotatable bonds is 6. The van der Waals surface area contributed by atoms with Crippen LogP contribution in [-0.4, -0.2) is 20.9 Å². The molecule has 0 spiro atoms. The first kappa shape index (κ1) is 17.7. The number of amides is 1. The van der Waals surface area contributed by atoms with Crippen molar-refractivity contribution in [3.8, 4) is 0 Å². The van der Waals surface area contributed by atoms with E-state index in [0.717, 1.165) is 12.0 Å². The highest BCUT2D eigenvalue weighted by Gasteiger charge is 2.12. The van der Waals surface area contributed by atoms with Gasteiger partial charge in [0.1, 0.15) is 0 Å². The SMILES string of the molecule is CC(C)(C)CCC(=O)NCCc1ccc(S(N)(=O)=O)cc1. The van der Waals surface area contributed by atoms with Crippen molar-refractivity contribution in [1.29, 1.82) is 0 Å². The van der Waals surface area contributed by atoms with Crippen molar-refractivity contribution in [2.75, 3.05) is 6.54 Å². The zero-order valence-electron chi connectivity index (χ0n) is 12.8. The second-order valence-corrected chi connectivity index (χ2v) is 7.91. The van der Waals surface area contributed by atoms with Gasteiger partial charge < -0.3 is 5.32 Å². The first-order valence-corrected chi connectivity index (χ1v) is 8.51. The molecule has 6 heteroatoms. The van der Waals surface area contributed by atoms with Gasteiger partial charge in [-0.15, -0.1) is 0 Å². The van der Waals surface area contributed by atoms with E-state index in [2.05, 4.69) is 26.1 Å². The topological polar surface area (TPSA) is 89.3 Å². The Bertz CT molecular complexity index is 572. The average molecular weight is 312 g/mol. The molecule has 0 radical (unpaired) electrons. The third-order valence-corrected chi connectivity index (χ3v) is 4.02. The number of nitrogens with one attached hydrogen (secondary N) is 1. The lowest BCUT2D eigenvalue weighted by molar-refractivity contribution is -0.121. The molecule has 0 bridgehead atoms. The van der Waals surface area contributed by atoms with E-state index in [0.29, 0.717) is 19.4 Å². The molecule has 0 aromatic heterocycles. The second kappa shape index (κ2) is 7.04. The van der Waals surface area contributed by atoms with Crippen molar-refractivity contribution in [2.45, 2.75) is 44.9 Å². The molecule has 0 atom stereocenters. The molecule has 0 saturated heterocycles. The number of hydrogen-bond donors (Lipinski definition) is 2. The van der Waals surface area contributed by atoms with Crippen LogP contribution in [0.3, 0.4) is 0 Å². The Labute approximate surface area is 127 Å². The summed E-state index contributed by atoms with van der Waals surface area (Å²) in [6, 6.07) is 6.38. The number of hydrogen-bond acceptors (Lipinski definition) is 3. The zero-order chi connectivity index (χ0) is 16.1. The molecule has 0 fully saturated rings. The van der Waals surface area contributed by atoms with Gasteiger partial charge in [-0.3, -0.25) is 4.79 Å². The predicted octanol–water partition coefficient (Wildman–Crippen LogP) is 1.82. The van der Waals surface area contributed by atoms with Crippen LogP contribution in [0.15, 0.2) is 29.2 Å². The van der Waals surface area contributed by atoms with Crippen LogP contribution in [0, 0.1) is 5.41 Å². The minimum atomic E-state index is -3.64. The third-order valence-electron chi connectivity index (χ3n) is 3.09. The number of carbonyl (C=O) groups is 1. The number of carbonyl (C=O) groups excluding carboxylic acids is 1. The van der Waals surface area contributed by atoms with Crippen molar-refractivity contribution >= 4 is 15.9 Å². The molecule has 0 aliphatic carbocycles. The summed E-state index contributed by atoms with van der Waals surface area (Å²) >= 11 is 0. The molecular weight excluding hydrogens is 288 g/mol. The highest BCUT2D eigenvalue weighted by molar-refractivity contribution is 7.89. The lowest BCUT2D eigenvalue weighted by atomic mass is 9.90. The number of sulfonamides is 1. The van der Waals surface area contributed by atoms with E-state index in [4.69, 9.17) is 5.14 Å². The van der Waals surface area contributed by atoms with Gasteiger partial charge in [0.15, 0.2) is 0 Å². The Morgan fingerprint density at radius 3 is 2.24 bits per heavy atom. The summed E-state index contributed by atoms with van der Waals surface area (Å²) in [6.07, 6.45) is 2.03. The van der Waals surface area contributed by atoms with E-state index in [1.165, 1.54) is 12.1 Å². The van der Waals surface area contributed by atoms with Crippen molar-refractivity contribution in [2.24, 2.45) is 10.6 Å². The zero-order valence-corrected chi connectivity index (χ0v) is 13.7. The predicted molar refractivity (Wildman–Crippen MR) is 83.2 cm³/mol. The van der Waals surface area contributed by atoms with Gasteiger partial charge in [0.25, 0.3) is 0 Å². The van der Waals surface area contributed by atoms with Crippen molar-refractivity contribution in [3.63, 3.8) is 0 Å². The molecule has 0 unspecified atom stereocenters. The van der Waals surface area contributed by atoms with Crippen LogP contribution in [0.25, 0.3) is 0 Å². The van der Waals surface area contributed by atoms with E-state index in [9.17, 15) is 13.2 Å². The summed E-state index contributed by atoms with van der Waals surface area (Å²) in [5.41, 5.74) is 1.11. The fourth-order valence-electron chi connectivity index (χ4n) is 1.77. The van der Waals surface area contributed by atoms with Crippen LogP contribution in [-0.2, 0) is 21.2 Å². The summed E-state index contributed by atoms with van der Waals surface area (Å²) in [6.45, 7) is 6.85. The van der Waals surface area contributed by atoms with Crippen LogP contribution in [0.5, 0.6) is 0 Å². The molecule has 3 N–H and O–H groups in total. The third kappa shape index (κ3) is 7.24. The minimum Gasteiger partial charge on any atom is -0.356 e. The number of primary sulfonamides is 1. The molecule has 1 rings (SSSR count). The molecule has 21 heavy (non-hydrogen) atoms. The lowest BCUT2D eigenvalue weighted by Crippen LogP contribution is -2.26. The first-order valence-electron chi connectivity index (χ1n) is 6.96.